The van der Waals surface area contributed by atoms with Crippen LogP contribution in [0.4, 0.5) is 5.69 Å². The number of hydrogen-bond acceptors (Lipinski definition) is 7. The molecule has 1 aliphatic rings. The van der Waals surface area contributed by atoms with Gasteiger partial charge in [0.2, 0.25) is 11.8 Å². The first-order valence-electron chi connectivity index (χ1n) is 11.8. The molecule has 1 aliphatic heterocycles. The molecule has 35 heavy (non-hydrogen) atoms. The summed E-state index contributed by atoms with van der Waals surface area (Å²) in [5.41, 5.74) is 3.54. The van der Waals surface area contributed by atoms with Crippen molar-refractivity contribution in [1.82, 2.24) is 19.5 Å². The van der Waals surface area contributed by atoms with Gasteiger partial charge in [0, 0.05) is 24.1 Å². The molecule has 178 valence electrons. The van der Waals surface area contributed by atoms with Crippen molar-refractivity contribution in [3.8, 4) is 11.9 Å². The highest BCUT2D eigenvalue weighted by Gasteiger charge is 2.27. The number of benzene rings is 1. The zero-order chi connectivity index (χ0) is 24.4. The number of carbonyl (C=O) groups excluding carboxylic acids is 1. The highest BCUT2D eigenvalue weighted by molar-refractivity contribution is 6.03. The van der Waals surface area contributed by atoms with E-state index >= 15 is 0 Å². The summed E-state index contributed by atoms with van der Waals surface area (Å²) in [6, 6.07) is 11.3. The van der Waals surface area contributed by atoms with Crippen LogP contribution in [-0.2, 0) is 16.0 Å². The molecule has 9 nitrogen and oxygen atoms in total. The third-order valence-electron chi connectivity index (χ3n) is 6.17. The Balaban J connectivity index is 1.53. The molecule has 0 bridgehead atoms. The van der Waals surface area contributed by atoms with Crippen molar-refractivity contribution in [3.63, 3.8) is 0 Å². The molecule has 4 aromatic rings. The molecule has 0 radical (unpaired) electrons. The second-order valence-electron chi connectivity index (χ2n) is 8.64. The monoisotopic (exact) mass is 470 g/mol. The van der Waals surface area contributed by atoms with E-state index in [1.54, 1.807) is 30.6 Å². The summed E-state index contributed by atoms with van der Waals surface area (Å²) in [5.74, 6) is 0.979. The number of nitriles is 1. The van der Waals surface area contributed by atoms with Gasteiger partial charge in [0.1, 0.15) is 11.3 Å². The molecule has 1 N–H and O–H groups in total. The van der Waals surface area contributed by atoms with Crippen LogP contribution < -0.4 is 10.1 Å². The van der Waals surface area contributed by atoms with E-state index in [0.29, 0.717) is 41.7 Å². The lowest BCUT2D eigenvalue weighted by Crippen LogP contribution is -2.27. The maximum absolute atomic E-state index is 13.0. The number of fused-ring (bicyclic) bond motifs is 3. The summed E-state index contributed by atoms with van der Waals surface area (Å²) in [6.07, 6.45) is 5.13. The van der Waals surface area contributed by atoms with E-state index in [1.807, 2.05) is 19.1 Å². The minimum Gasteiger partial charge on any atom is -0.478 e. The fourth-order valence-electron chi connectivity index (χ4n) is 4.66. The Hall–Kier alpha value is -4.03. The SMILES string of the molecule is CCOc1ccc(NC(=O)Cc2nc3cnc4ccc(C#N)cc4c3n2[C@@H]2CCO[C@H](C)C2)cn1. The topological polar surface area (TPSA) is 115 Å². The number of amides is 1. The summed E-state index contributed by atoms with van der Waals surface area (Å²) in [6.45, 7) is 5.12. The van der Waals surface area contributed by atoms with E-state index in [-0.39, 0.29) is 24.5 Å². The van der Waals surface area contributed by atoms with Crippen molar-refractivity contribution >= 4 is 33.5 Å². The maximum atomic E-state index is 13.0. The number of carbonyl (C=O) groups is 1. The summed E-state index contributed by atoms with van der Waals surface area (Å²) in [7, 11) is 0. The van der Waals surface area contributed by atoms with Gasteiger partial charge in [-0.05, 0) is 51.0 Å². The molecule has 1 amide bonds. The average Bonchev–Trinajstić information content (AvgIpc) is 3.23. The molecule has 0 unspecified atom stereocenters. The standard InChI is InChI=1S/C26H26N6O3/c1-3-34-25-7-5-18(14-29-25)30-24(33)12-23-31-22-15-28-21-6-4-17(13-27)11-20(21)26(22)32(23)19-8-9-35-16(2)10-19/h4-7,11,14-16,19H,3,8-10,12H2,1-2H3,(H,30,33)/t16-,19-/m1/s1. The number of pyridine rings is 2. The Morgan fingerprint density at radius 3 is 2.89 bits per heavy atom. The van der Waals surface area contributed by atoms with Gasteiger partial charge in [0.15, 0.2) is 0 Å². The predicted molar refractivity (Wildman–Crippen MR) is 131 cm³/mol. The lowest BCUT2D eigenvalue weighted by Gasteiger charge is -2.30. The number of rotatable bonds is 6. The van der Waals surface area contributed by atoms with Gasteiger partial charge in [-0.3, -0.25) is 9.78 Å². The number of hydrogen-bond donors (Lipinski definition) is 1. The molecular formula is C26H26N6O3. The molecule has 4 heterocycles. The van der Waals surface area contributed by atoms with Crippen molar-refractivity contribution < 1.29 is 14.3 Å². The lowest BCUT2D eigenvalue weighted by molar-refractivity contribution is -0.115. The minimum absolute atomic E-state index is 0.0903. The predicted octanol–water partition coefficient (Wildman–Crippen LogP) is 4.17. The maximum Gasteiger partial charge on any atom is 0.232 e. The van der Waals surface area contributed by atoms with Gasteiger partial charge in [0.25, 0.3) is 0 Å². The molecule has 3 aromatic heterocycles. The Labute approximate surface area is 202 Å². The van der Waals surface area contributed by atoms with Gasteiger partial charge in [-0.2, -0.15) is 5.26 Å². The van der Waals surface area contributed by atoms with Gasteiger partial charge in [-0.1, -0.05) is 0 Å². The van der Waals surface area contributed by atoms with Crippen LogP contribution >= 0.6 is 0 Å². The van der Waals surface area contributed by atoms with Crippen LogP contribution in [0.2, 0.25) is 0 Å². The molecule has 0 aliphatic carbocycles. The molecule has 9 heteroatoms. The molecule has 1 saturated heterocycles. The van der Waals surface area contributed by atoms with Crippen LogP contribution in [-0.4, -0.2) is 44.7 Å². The first kappa shape index (κ1) is 22.7. The van der Waals surface area contributed by atoms with Crippen molar-refractivity contribution in [2.45, 2.75) is 45.3 Å². The summed E-state index contributed by atoms with van der Waals surface area (Å²) < 4.78 is 13.3. The largest absolute Gasteiger partial charge is 0.478 e. The van der Waals surface area contributed by atoms with E-state index in [0.717, 1.165) is 29.3 Å². The number of imidazole rings is 1. The number of aromatic nitrogens is 4. The lowest BCUT2D eigenvalue weighted by atomic mass is 10.0. The van der Waals surface area contributed by atoms with Crippen LogP contribution in [0, 0.1) is 11.3 Å². The normalized spacial score (nSPS) is 17.9. The third-order valence-corrected chi connectivity index (χ3v) is 6.17. The Morgan fingerprint density at radius 2 is 2.14 bits per heavy atom. The quantitative estimate of drug-likeness (QED) is 0.450. The average molecular weight is 471 g/mol. The van der Waals surface area contributed by atoms with E-state index in [2.05, 4.69) is 32.8 Å². The summed E-state index contributed by atoms with van der Waals surface area (Å²) in [5, 5.41) is 13.2. The zero-order valence-corrected chi connectivity index (χ0v) is 19.7. The van der Waals surface area contributed by atoms with E-state index in [9.17, 15) is 10.1 Å². The van der Waals surface area contributed by atoms with Crippen LogP contribution in [0.1, 0.15) is 44.1 Å². The summed E-state index contributed by atoms with van der Waals surface area (Å²) >= 11 is 0. The van der Waals surface area contributed by atoms with Gasteiger partial charge in [-0.25, -0.2) is 9.97 Å². The minimum atomic E-state index is -0.192. The highest BCUT2D eigenvalue weighted by Crippen LogP contribution is 2.34. The van der Waals surface area contributed by atoms with Crippen LogP contribution in [0.25, 0.3) is 21.9 Å². The van der Waals surface area contributed by atoms with Crippen molar-refractivity contribution in [1.29, 1.82) is 5.26 Å². The molecule has 1 aromatic carbocycles. The van der Waals surface area contributed by atoms with Crippen LogP contribution in [0.5, 0.6) is 5.88 Å². The fraction of sp³-hybridized carbons (Fsp3) is 0.346. The van der Waals surface area contributed by atoms with Gasteiger partial charge in [0.05, 0.1) is 59.9 Å². The first-order chi connectivity index (χ1) is 17.1. The van der Waals surface area contributed by atoms with E-state index in [1.165, 1.54) is 0 Å². The van der Waals surface area contributed by atoms with Crippen molar-refractivity contribution in [2.24, 2.45) is 0 Å². The zero-order valence-electron chi connectivity index (χ0n) is 19.7. The molecule has 1 fully saturated rings. The van der Waals surface area contributed by atoms with Crippen LogP contribution in [0.15, 0.2) is 42.7 Å². The Bertz CT molecular complexity index is 1420. The van der Waals surface area contributed by atoms with Crippen LogP contribution in [0.3, 0.4) is 0 Å². The van der Waals surface area contributed by atoms with E-state index in [4.69, 9.17) is 14.5 Å². The summed E-state index contributed by atoms with van der Waals surface area (Å²) in [4.78, 5) is 26.6. The number of ether oxygens (including phenoxy) is 2. The Kier molecular flexibility index (Phi) is 6.29. The fourth-order valence-corrected chi connectivity index (χ4v) is 4.66. The van der Waals surface area contributed by atoms with Gasteiger partial charge >= 0.3 is 0 Å². The van der Waals surface area contributed by atoms with Crippen molar-refractivity contribution in [2.75, 3.05) is 18.5 Å². The molecule has 0 spiro atoms. The smallest absolute Gasteiger partial charge is 0.232 e. The van der Waals surface area contributed by atoms with E-state index < -0.39 is 0 Å². The third kappa shape index (κ3) is 4.66. The molecule has 0 saturated carbocycles. The van der Waals surface area contributed by atoms with Gasteiger partial charge in [-0.15, -0.1) is 0 Å². The second-order valence-corrected chi connectivity index (χ2v) is 8.64. The first-order valence-corrected chi connectivity index (χ1v) is 11.8. The number of anilines is 1. The second kappa shape index (κ2) is 9.68. The van der Waals surface area contributed by atoms with Crippen molar-refractivity contribution in [3.05, 3.63) is 54.1 Å². The molecule has 2 atom stereocenters. The molecular weight excluding hydrogens is 444 g/mol. The number of nitrogens with zero attached hydrogens (tertiary/aromatic N) is 5. The molecule has 5 rings (SSSR count). The number of nitrogens with one attached hydrogen (secondary N) is 1. The highest BCUT2D eigenvalue weighted by atomic mass is 16.5. The van der Waals surface area contributed by atoms with Gasteiger partial charge < -0.3 is 19.4 Å². The Morgan fingerprint density at radius 1 is 1.26 bits per heavy atom.